The largest absolute Gasteiger partial charge is 0.478 e. The van der Waals surface area contributed by atoms with E-state index in [1.807, 2.05) is 0 Å². The molecule has 0 saturated heterocycles. The number of aliphatic hydroxyl groups excluding tert-OH is 1. The van der Waals surface area contributed by atoms with E-state index >= 15 is 0 Å². The van der Waals surface area contributed by atoms with Crippen LogP contribution in [0.1, 0.15) is 23.2 Å². The Balaban J connectivity index is 2.31. The number of rotatable bonds is 4. The number of carboxylic acid groups (broad SMARTS) is 1. The zero-order valence-electron chi connectivity index (χ0n) is 8.40. The van der Waals surface area contributed by atoms with Crippen molar-refractivity contribution in [3.63, 3.8) is 0 Å². The van der Waals surface area contributed by atoms with Gasteiger partial charge in [0, 0.05) is 0 Å². The lowest BCUT2D eigenvalue weighted by atomic mass is 10.2. The number of aliphatic hydroxyl groups is 1. The van der Waals surface area contributed by atoms with Crippen LogP contribution in [0.25, 0.3) is 0 Å². The second-order valence-corrected chi connectivity index (χ2v) is 4.29. The Kier molecular flexibility index (Phi) is 2.73. The van der Waals surface area contributed by atoms with Crippen molar-refractivity contribution >= 4 is 23.4 Å². The summed E-state index contributed by atoms with van der Waals surface area (Å²) >= 11 is 5.71. The van der Waals surface area contributed by atoms with Crippen molar-refractivity contribution in [2.75, 3.05) is 11.9 Å². The van der Waals surface area contributed by atoms with Crippen molar-refractivity contribution in [1.82, 2.24) is 4.98 Å². The van der Waals surface area contributed by atoms with Gasteiger partial charge in [-0.2, -0.15) is 0 Å². The van der Waals surface area contributed by atoms with Crippen LogP contribution in [0.15, 0.2) is 12.1 Å². The fourth-order valence-electron chi connectivity index (χ4n) is 1.43. The number of anilines is 1. The summed E-state index contributed by atoms with van der Waals surface area (Å²) in [6, 6.07) is 2.82. The van der Waals surface area contributed by atoms with E-state index in [2.05, 4.69) is 10.3 Å². The first kappa shape index (κ1) is 11.2. The van der Waals surface area contributed by atoms with Gasteiger partial charge in [-0.1, -0.05) is 11.6 Å². The van der Waals surface area contributed by atoms with Gasteiger partial charge in [0.25, 0.3) is 0 Å². The Morgan fingerprint density at radius 3 is 2.75 bits per heavy atom. The number of nitrogens with zero attached hydrogens (tertiary/aromatic N) is 1. The lowest BCUT2D eigenvalue weighted by Crippen LogP contribution is -2.27. The molecule has 1 aliphatic carbocycles. The molecule has 0 atom stereocenters. The van der Waals surface area contributed by atoms with Gasteiger partial charge in [-0.05, 0) is 25.0 Å². The van der Waals surface area contributed by atoms with Crippen molar-refractivity contribution in [2.45, 2.75) is 18.4 Å². The van der Waals surface area contributed by atoms with Crippen molar-refractivity contribution in [2.24, 2.45) is 0 Å². The van der Waals surface area contributed by atoms with E-state index in [0.29, 0.717) is 0 Å². The monoisotopic (exact) mass is 242 g/mol. The highest BCUT2D eigenvalue weighted by molar-refractivity contribution is 6.29. The number of carboxylic acids is 1. The third-order valence-electron chi connectivity index (χ3n) is 2.63. The van der Waals surface area contributed by atoms with Crippen LogP contribution >= 0.6 is 11.6 Å². The van der Waals surface area contributed by atoms with E-state index < -0.39 is 11.5 Å². The maximum atomic E-state index is 10.9. The Labute approximate surface area is 97.1 Å². The summed E-state index contributed by atoms with van der Waals surface area (Å²) in [5.41, 5.74) is -0.355. The van der Waals surface area contributed by atoms with Crippen LogP contribution in [0.3, 0.4) is 0 Å². The second-order valence-electron chi connectivity index (χ2n) is 3.90. The maximum Gasteiger partial charge on any atom is 0.339 e. The summed E-state index contributed by atoms with van der Waals surface area (Å²) in [5, 5.41) is 21.3. The van der Waals surface area contributed by atoms with Crippen molar-refractivity contribution in [1.29, 1.82) is 0 Å². The van der Waals surface area contributed by atoms with Gasteiger partial charge in [-0.15, -0.1) is 0 Å². The molecule has 1 fully saturated rings. The highest BCUT2D eigenvalue weighted by Gasteiger charge is 2.43. The Morgan fingerprint density at radius 2 is 2.25 bits per heavy atom. The van der Waals surface area contributed by atoms with Gasteiger partial charge in [0.05, 0.1) is 12.1 Å². The first-order valence-corrected chi connectivity index (χ1v) is 5.23. The van der Waals surface area contributed by atoms with Gasteiger partial charge in [0.2, 0.25) is 0 Å². The van der Waals surface area contributed by atoms with Crippen LogP contribution in [0.5, 0.6) is 0 Å². The lowest BCUT2D eigenvalue weighted by molar-refractivity contribution is 0.0697. The second kappa shape index (κ2) is 3.92. The summed E-state index contributed by atoms with van der Waals surface area (Å²) in [5.74, 6) is -0.855. The number of aromatic nitrogens is 1. The predicted octanol–water partition coefficient (Wildman–Crippen LogP) is 1.37. The molecule has 0 amide bonds. The molecule has 86 valence electrons. The first-order chi connectivity index (χ1) is 7.56. The maximum absolute atomic E-state index is 10.9. The predicted molar refractivity (Wildman–Crippen MR) is 58.9 cm³/mol. The molecule has 1 heterocycles. The summed E-state index contributed by atoms with van der Waals surface area (Å²) in [7, 11) is 0. The van der Waals surface area contributed by atoms with Gasteiger partial charge in [-0.25, -0.2) is 9.78 Å². The lowest BCUT2D eigenvalue weighted by Gasteiger charge is -2.16. The van der Waals surface area contributed by atoms with Crippen LogP contribution in [-0.2, 0) is 0 Å². The van der Waals surface area contributed by atoms with Crippen molar-refractivity contribution in [3.05, 3.63) is 22.8 Å². The molecule has 0 bridgehead atoms. The molecule has 0 aromatic carbocycles. The average Bonchev–Trinajstić information content (AvgIpc) is 2.98. The molecule has 0 aliphatic heterocycles. The average molecular weight is 243 g/mol. The molecular formula is C10H11ClN2O3. The van der Waals surface area contributed by atoms with E-state index in [-0.39, 0.29) is 23.1 Å². The van der Waals surface area contributed by atoms with Crippen LogP contribution in [0, 0.1) is 0 Å². The molecule has 1 aliphatic rings. The fraction of sp³-hybridized carbons (Fsp3) is 0.400. The van der Waals surface area contributed by atoms with Gasteiger partial charge in [0.1, 0.15) is 16.5 Å². The normalized spacial score (nSPS) is 16.9. The van der Waals surface area contributed by atoms with Crippen LogP contribution < -0.4 is 5.32 Å². The number of hydrogen-bond donors (Lipinski definition) is 3. The fourth-order valence-corrected chi connectivity index (χ4v) is 1.58. The molecule has 1 aromatic heterocycles. The van der Waals surface area contributed by atoms with Crippen molar-refractivity contribution in [3.8, 4) is 0 Å². The summed E-state index contributed by atoms with van der Waals surface area (Å²) in [4.78, 5) is 14.9. The SMILES string of the molecule is O=C(O)c1ccc(Cl)nc1NC1(CO)CC1. The third kappa shape index (κ3) is 2.10. The molecule has 0 unspecified atom stereocenters. The number of aromatic carboxylic acids is 1. The van der Waals surface area contributed by atoms with Gasteiger partial charge < -0.3 is 15.5 Å². The molecule has 5 nitrogen and oxygen atoms in total. The molecule has 0 radical (unpaired) electrons. The molecule has 16 heavy (non-hydrogen) atoms. The minimum Gasteiger partial charge on any atom is -0.478 e. The standard InChI is InChI=1S/C10H11ClN2O3/c11-7-2-1-6(9(15)16)8(12-7)13-10(5-14)3-4-10/h1-2,14H,3-5H2,(H,12,13)(H,15,16). The van der Waals surface area contributed by atoms with Crippen molar-refractivity contribution < 1.29 is 15.0 Å². The Bertz CT molecular complexity index is 432. The summed E-state index contributed by atoms with van der Waals surface area (Å²) in [6.07, 6.45) is 1.60. The van der Waals surface area contributed by atoms with E-state index in [0.717, 1.165) is 12.8 Å². The van der Waals surface area contributed by atoms with Gasteiger partial charge in [0.15, 0.2) is 0 Å². The van der Waals surface area contributed by atoms with E-state index in [9.17, 15) is 4.79 Å². The number of hydrogen-bond acceptors (Lipinski definition) is 4. The Hall–Kier alpha value is -1.33. The topological polar surface area (TPSA) is 82.5 Å². The summed E-state index contributed by atoms with van der Waals surface area (Å²) in [6.45, 7) is -0.0414. The summed E-state index contributed by atoms with van der Waals surface area (Å²) < 4.78 is 0. The minimum absolute atomic E-state index is 0.0414. The number of nitrogens with one attached hydrogen (secondary N) is 1. The zero-order chi connectivity index (χ0) is 11.8. The third-order valence-corrected chi connectivity index (χ3v) is 2.84. The van der Waals surface area contributed by atoms with E-state index in [1.54, 1.807) is 0 Å². The molecule has 1 saturated carbocycles. The number of carbonyl (C=O) groups is 1. The molecule has 2 rings (SSSR count). The minimum atomic E-state index is -1.07. The highest BCUT2D eigenvalue weighted by atomic mass is 35.5. The van der Waals surface area contributed by atoms with Crippen LogP contribution in [0.4, 0.5) is 5.82 Å². The molecule has 1 aromatic rings. The first-order valence-electron chi connectivity index (χ1n) is 4.85. The number of pyridine rings is 1. The molecule has 6 heteroatoms. The smallest absolute Gasteiger partial charge is 0.339 e. The zero-order valence-corrected chi connectivity index (χ0v) is 9.16. The quantitative estimate of drug-likeness (QED) is 0.695. The van der Waals surface area contributed by atoms with E-state index in [1.165, 1.54) is 12.1 Å². The highest BCUT2D eigenvalue weighted by Crippen LogP contribution is 2.38. The molecular weight excluding hydrogens is 232 g/mol. The molecule has 0 spiro atoms. The van der Waals surface area contributed by atoms with Crippen LogP contribution in [0.2, 0.25) is 5.15 Å². The van der Waals surface area contributed by atoms with Gasteiger partial charge >= 0.3 is 5.97 Å². The van der Waals surface area contributed by atoms with Crippen LogP contribution in [-0.4, -0.2) is 33.3 Å². The Morgan fingerprint density at radius 1 is 1.56 bits per heavy atom. The van der Waals surface area contributed by atoms with E-state index in [4.69, 9.17) is 21.8 Å². The molecule has 3 N–H and O–H groups in total. The number of halogens is 1. The van der Waals surface area contributed by atoms with Gasteiger partial charge in [-0.3, -0.25) is 0 Å².